The van der Waals surface area contributed by atoms with E-state index in [4.69, 9.17) is 0 Å². The largest absolute Gasteiger partial charge is 0.382 e. The molecule has 0 radical (unpaired) electrons. The van der Waals surface area contributed by atoms with Gasteiger partial charge in [-0.2, -0.15) is 0 Å². The summed E-state index contributed by atoms with van der Waals surface area (Å²) in [7, 11) is -1.08. The van der Waals surface area contributed by atoms with Gasteiger partial charge in [-0.1, -0.05) is 56.9 Å². The highest BCUT2D eigenvalue weighted by Crippen LogP contribution is 2.43. The van der Waals surface area contributed by atoms with Crippen LogP contribution in [-0.4, -0.2) is 18.8 Å². The van der Waals surface area contributed by atoms with Crippen LogP contribution in [0.3, 0.4) is 0 Å². The van der Waals surface area contributed by atoms with Gasteiger partial charge < -0.3 is 5.11 Å². The molecule has 96 valence electrons. The molecule has 0 aromatic heterocycles. The van der Waals surface area contributed by atoms with Crippen molar-refractivity contribution in [2.75, 3.05) is 0 Å². The molecule has 1 nitrogen and oxygen atoms in total. The van der Waals surface area contributed by atoms with Crippen LogP contribution in [0.25, 0.3) is 0 Å². The summed E-state index contributed by atoms with van der Waals surface area (Å²) in [5.74, 6) is 0. The van der Waals surface area contributed by atoms with Crippen molar-refractivity contribution in [3.63, 3.8) is 0 Å². The molecule has 17 heavy (non-hydrogen) atoms. The van der Waals surface area contributed by atoms with Crippen molar-refractivity contribution in [1.29, 1.82) is 0 Å². The summed E-state index contributed by atoms with van der Waals surface area (Å²) in [4.78, 5) is 0. The third kappa shape index (κ3) is 4.28. The van der Waals surface area contributed by atoms with Crippen molar-refractivity contribution in [3.05, 3.63) is 37.0 Å². The number of allylic oxidation sites excluding steroid dienone is 2. The molecular weight excluding hydrogens is 224 g/mol. The van der Waals surface area contributed by atoms with Gasteiger partial charge in [-0.3, -0.25) is 0 Å². The zero-order valence-electron chi connectivity index (χ0n) is 11.7. The van der Waals surface area contributed by atoms with Crippen LogP contribution in [0, 0.1) is 5.41 Å². The molecule has 0 saturated heterocycles. The average Bonchev–Trinajstić information content (AvgIpc) is 2.39. The van der Waals surface area contributed by atoms with Gasteiger partial charge in [0.15, 0.2) is 0 Å². The molecule has 2 atom stereocenters. The van der Waals surface area contributed by atoms with E-state index in [1.54, 1.807) is 6.08 Å². The Balaban J connectivity index is 2.62. The minimum atomic E-state index is -1.08. The molecule has 0 fully saturated rings. The Morgan fingerprint density at radius 1 is 1.41 bits per heavy atom. The summed E-state index contributed by atoms with van der Waals surface area (Å²) in [5.41, 5.74) is 0.554. The van der Waals surface area contributed by atoms with Crippen LogP contribution in [0.15, 0.2) is 37.0 Å². The first-order valence-corrected chi connectivity index (χ1v) is 10.0. The monoisotopic (exact) mass is 250 g/mol. The second-order valence-corrected chi connectivity index (χ2v) is 12.5. The molecule has 0 amide bonds. The molecule has 2 heteroatoms. The Morgan fingerprint density at radius 2 is 2.00 bits per heavy atom. The highest BCUT2D eigenvalue weighted by molar-refractivity contribution is 6.76. The Hall–Kier alpha value is -0.603. The van der Waals surface area contributed by atoms with Crippen LogP contribution in [0.2, 0.25) is 25.7 Å². The van der Waals surface area contributed by atoms with E-state index in [0.29, 0.717) is 0 Å². The highest BCUT2D eigenvalue weighted by Gasteiger charge is 2.38. The van der Waals surface area contributed by atoms with Crippen molar-refractivity contribution in [1.82, 2.24) is 0 Å². The van der Waals surface area contributed by atoms with E-state index < -0.39 is 13.7 Å². The lowest BCUT2D eigenvalue weighted by Gasteiger charge is -2.29. The minimum absolute atomic E-state index is 0.0413. The van der Waals surface area contributed by atoms with Gasteiger partial charge in [0.25, 0.3) is 0 Å². The highest BCUT2D eigenvalue weighted by atomic mass is 28.3. The molecule has 0 bridgehead atoms. The SMILES string of the molecule is C=CC1(O)C=C[C@](C)(CC(=C)C[Si](C)(C)C)C1. The topological polar surface area (TPSA) is 20.2 Å². The molecular formula is C15H26OSi. The quantitative estimate of drug-likeness (QED) is 0.574. The molecule has 0 saturated carbocycles. The predicted octanol–water partition coefficient (Wildman–Crippen LogP) is 4.15. The Morgan fingerprint density at radius 3 is 2.41 bits per heavy atom. The van der Waals surface area contributed by atoms with Gasteiger partial charge in [0.1, 0.15) is 5.60 Å². The smallest absolute Gasteiger partial charge is 0.101 e. The summed E-state index contributed by atoms with van der Waals surface area (Å²) in [5, 5.41) is 10.2. The van der Waals surface area contributed by atoms with Crippen molar-refractivity contribution in [2.24, 2.45) is 5.41 Å². The first kappa shape index (κ1) is 14.5. The summed E-state index contributed by atoms with van der Waals surface area (Å²) in [6.45, 7) is 17.2. The van der Waals surface area contributed by atoms with E-state index in [9.17, 15) is 5.11 Å². The summed E-state index contributed by atoms with van der Waals surface area (Å²) in [6.07, 6.45) is 7.35. The Kier molecular flexibility index (Phi) is 3.90. The van der Waals surface area contributed by atoms with E-state index in [1.165, 1.54) is 11.6 Å². The average molecular weight is 250 g/mol. The lowest BCUT2D eigenvalue weighted by Crippen LogP contribution is -2.26. The van der Waals surface area contributed by atoms with E-state index in [0.717, 1.165) is 12.8 Å². The molecule has 0 heterocycles. The Bertz CT molecular complexity index is 350. The van der Waals surface area contributed by atoms with Crippen LogP contribution in [-0.2, 0) is 0 Å². The van der Waals surface area contributed by atoms with Gasteiger partial charge >= 0.3 is 0 Å². The van der Waals surface area contributed by atoms with Gasteiger partial charge in [-0.15, -0.1) is 6.58 Å². The second-order valence-electron chi connectivity index (χ2n) is 7.02. The molecule has 0 spiro atoms. The van der Waals surface area contributed by atoms with Gasteiger partial charge in [0.2, 0.25) is 0 Å². The fraction of sp³-hybridized carbons (Fsp3) is 0.600. The van der Waals surface area contributed by atoms with Crippen molar-refractivity contribution in [2.45, 2.75) is 51.1 Å². The third-order valence-corrected chi connectivity index (χ3v) is 4.81. The maximum atomic E-state index is 10.2. The number of hydrogen-bond acceptors (Lipinski definition) is 1. The van der Waals surface area contributed by atoms with E-state index in [1.807, 2.05) is 6.08 Å². The molecule has 0 aromatic rings. The van der Waals surface area contributed by atoms with Crippen LogP contribution < -0.4 is 0 Å². The normalized spacial score (nSPS) is 32.8. The molecule has 0 aromatic carbocycles. The maximum absolute atomic E-state index is 10.2. The minimum Gasteiger partial charge on any atom is -0.382 e. The van der Waals surface area contributed by atoms with Crippen LogP contribution in [0.5, 0.6) is 0 Å². The molecule has 1 aliphatic carbocycles. The van der Waals surface area contributed by atoms with E-state index in [2.05, 4.69) is 45.8 Å². The molecule has 1 unspecified atom stereocenters. The zero-order valence-corrected chi connectivity index (χ0v) is 12.7. The lowest BCUT2D eigenvalue weighted by molar-refractivity contribution is 0.113. The van der Waals surface area contributed by atoms with Crippen molar-refractivity contribution < 1.29 is 5.11 Å². The fourth-order valence-electron chi connectivity index (χ4n) is 2.76. The van der Waals surface area contributed by atoms with Crippen LogP contribution >= 0.6 is 0 Å². The standard InChI is InChI=1S/C15H26OSi/c1-7-15(16)9-8-14(3,12-15)10-13(2)11-17(4,5)6/h7-9,16H,1-2,10-12H2,3-6H3/t14-,15?/m1/s1. The predicted molar refractivity (Wildman–Crippen MR) is 78.9 cm³/mol. The summed E-state index contributed by atoms with van der Waals surface area (Å²) < 4.78 is 0. The maximum Gasteiger partial charge on any atom is 0.101 e. The number of hydrogen-bond donors (Lipinski definition) is 1. The van der Waals surface area contributed by atoms with Gasteiger partial charge in [-0.25, -0.2) is 0 Å². The summed E-state index contributed by atoms with van der Waals surface area (Å²) >= 11 is 0. The Labute approximate surface area is 107 Å². The summed E-state index contributed by atoms with van der Waals surface area (Å²) in [6, 6.07) is 1.17. The van der Waals surface area contributed by atoms with Crippen molar-refractivity contribution in [3.8, 4) is 0 Å². The lowest BCUT2D eigenvalue weighted by atomic mass is 9.81. The molecule has 1 rings (SSSR count). The first-order chi connectivity index (χ1) is 7.58. The first-order valence-electron chi connectivity index (χ1n) is 6.31. The van der Waals surface area contributed by atoms with E-state index in [-0.39, 0.29) is 5.41 Å². The van der Waals surface area contributed by atoms with Gasteiger partial charge in [0.05, 0.1) is 0 Å². The zero-order chi connectivity index (χ0) is 13.3. The molecule has 0 aliphatic heterocycles. The van der Waals surface area contributed by atoms with Gasteiger partial charge in [-0.05, 0) is 24.3 Å². The van der Waals surface area contributed by atoms with Crippen molar-refractivity contribution >= 4 is 8.07 Å². The van der Waals surface area contributed by atoms with Crippen LogP contribution in [0.1, 0.15) is 19.8 Å². The third-order valence-electron chi connectivity index (χ3n) is 3.25. The molecule has 1 aliphatic rings. The second kappa shape index (κ2) is 4.58. The number of aliphatic hydroxyl groups is 1. The molecule has 1 N–H and O–H groups in total. The fourth-order valence-corrected chi connectivity index (χ4v) is 4.38. The number of rotatable bonds is 5. The van der Waals surface area contributed by atoms with Gasteiger partial charge in [0, 0.05) is 8.07 Å². The van der Waals surface area contributed by atoms with E-state index >= 15 is 0 Å². The van der Waals surface area contributed by atoms with Crippen LogP contribution in [0.4, 0.5) is 0 Å².